The van der Waals surface area contributed by atoms with Crippen LogP contribution < -0.4 is 16.4 Å². The smallest absolute Gasteiger partial charge is 0.237 e. The van der Waals surface area contributed by atoms with Crippen molar-refractivity contribution in [1.29, 1.82) is 0 Å². The van der Waals surface area contributed by atoms with Crippen molar-refractivity contribution in [3.05, 3.63) is 0 Å². The van der Waals surface area contributed by atoms with Crippen LogP contribution >= 0.6 is 12.4 Å². The minimum Gasteiger partial charge on any atom is -0.353 e. The Morgan fingerprint density at radius 1 is 1.67 bits per heavy atom. The maximum Gasteiger partial charge on any atom is 0.237 e. The molecule has 1 saturated heterocycles. The minimum atomic E-state index is -0.906. The van der Waals surface area contributed by atoms with Gasteiger partial charge in [-0.2, -0.15) is 0 Å². The molecule has 0 unspecified atom stereocenters. The molecular weight excluding hydrogens is 221 g/mol. The molecule has 90 valence electrons. The lowest BCUT2D eigenvalue weighted by molar-refractivity contribution is -0.123. The highest BCUT2D eigenvalue weighted by Crippen LogP contribution is 2.09. The second-order valence-corrected chi connectivity index (χ2v) is 4.50. The van der Waals surface area contributed by atoms with E-state index in [0.29, 0.717) is 6.54 Å². The highest BCUT2D eigenvalue weighted by Gasteiger charge is 2.29. The Morgan fingerprint density at radius 2 is 2.27 bits per heavy atom. The normalized spacial score (nSPS) is 25.9. The lowest BCUT2D eigenvalue weighted by Gasteiger charge is -2.20. The molecule has 0 radical (unpaired) electrons. The van der Waals surface area contributed by atoms with E-state index >= 15 is 0 Å². The second-order valence-electron chi connectivity index (χ2n) is 4.50. The topological polar surface area (TPSA) is 67.1 Å². The SMILES string of the molecule is CC(C)(N)CNC(=O)[C@@H]1C[C@@H](F)CN1.Cl. The van der Waals surface area contributed by atoms with Crippen LogP contribution in [0.3, 0.4) is 0 Å². The Bertz CT molecular complexity index is 220. The van der Waals surface area contributed by atoms with Gasteiger partial charge in [-0.05, 0) is 13.8 Å². The summed E-state index contributed by atoms with van der Waals surface area (Å²) in [5.74, 6) is -0.163. The van der Waals surface area contributed by atoms with Crippen LogP contribution in [0.5, 0.6) is 0 Å². The van der Waals surface area contributed by atoms with Crippen LogP contribution in [-0.2, 0) is 4.79 Å². The summed E-state index contributed by atoms with van der Waals surface area (Å²) in [6.07, 6.45) is -0.645. The fraction of sp³-hybridized carbons (Fsp3) is 0.889. The van der Waals surface area contributed by atoms with E-state index in [-0.39, 0.29) is 31.3 Å². The molecule has 0 saturated carbocycles. The van der Waals surface area contributed by atoms with Crippen LogP contribution in [0.25, 0.3) is 0 Å². The van der Waals surface area contributed by atoms with E-state index in [9.17, 15) is 9.18 Å². The van der Waals surface area contributed by atoms with Crippen molar-refractivity contribution in [3.63, 3.8) is 0 Å². The summed E-state index contributed by atoms with van der Waals surface area (Å²) in [7, 11) is 0. The van der Waals surface area contributed by atoms with E-state index in [4.69, 9.17) is 5.73 Å². The first-order valence-corrected chi connectivity index (χ1v) is 4.82. The number of hydrogen-bond donors (Lipinski definition) is 3. The number of alkyl halides is 1. The molecule has 2 atom stereocenters. The van der Waals surface area contributed by atoms with Crippen molar-refractivity contribution in [3.8, 4) is 0 Å². The van der Waals surface area contributed by atoms with Gasteiger partial charge >= 0.3 is 0 Å². The number of hydrogen-bond acceptors (Lipinski definition) is 3. The fourth-order valence-corrected chi connectivity index (χ4v) is 1.33. The zero-order valence-corrected chi connectivity index (χ0v) is 9.86. The molecule has 1 aliphatic rings. The molecule has 1 rings (SSSR count). The van der Waals surface area contributed by atoms with Gasteiger partial charge < -0.3 is 16.4 Å². The van der Waals surface area contributed by atoms with Crippen molar-refractivity contribution in [2.24, 2.45) is 5.73 Å². The third-order valence-electron chi connectivity index (χ3n) is 2.11. The van der Waals surface area contributed by atoms with Gasteiger partial charge in [-0.25, -0.2) is 4.39 Å². The molecular formula is C9H19ClFN3O. The van der Waals surface area contributed by atoms with Gasteiger partial charge in [0, 0.05) is 25.0 Å². The van der Waals surface area contributed by atoms with E-state index in [1.165, 1.54) is 0 Å². The zero-order chi connectivity index (χ0) is 10.8. The Balaban J connectivity index is 0.00000196. The fourth-order valence-electron chi connectivity index (χ4n) is 1.33. The van der Waals surface area contributed by atoms with Crippen LogP contribution in [-0.4, -0.2) is 36.7 Å². The molecule has 15 heavy (non-hydrogen) atoms. The minimum absolute atomic E-state index is 0. The van der Waals surface area contributed by atoms with Crippen molar-refractivity contribution < 1.29 is 9.18 Å². The molecule has 1 heterocycles. The van der Waals surface area contributed by atoms with Gasteiger partial charge in [0.25, 0.3) is 0 Å². The molecule has 0 spiro atoms. The number of rotatable bonds is 3. The van der Waals surface area contributed by atoms with Crippen LogP contribution in [0.1, 0.15) is 20.3 Å². The molecule has 0 aromatic heterocycles. The van der Waals surface area contributed by atoms with E-state index in [2.05, 4.69) is 10.6 Å². The third-order valence-corrected chi connectivity index (χ3v) is 2.11. The number of amides is 1. The van der Waals surface area contributed by atoms with Gasteiger partial charge in [0.15, 0.2) is 0 Å². The van der Waals surface area contributed by atoms with Gasteiger partial charge in [-0.1, -0.05) is 0 Å². The predicted molar refractivity (Wildman–Crippen MR) is 59.8 cm³/mol. The lowest BCUT2D eigenvalue weighted by atomic mass is 10.1. The summed E-state index contributed by atoms with van der Waals surface area (Å²) in [4.78, 5) is 11.4. The Kier molecular flexibility index (Phi) is 5.48. The molecule has 6 heteroatoms. The summed E-state index contributed by atoms with van der Waals surface area (Å²) in [5, 5.41) is 5.51. The molecule has 0 aliphatic carbocycles. The highest BCUT2D eigenvalue weighted by molar-refractivity contribution is 5.85. The molecule has 4 N–H and O–H groups in total. The first kappa shape index (κ1) is 14.6. The molecule has 1 amide bonds. The summed E-state index contributed by atoms with van der Waals surface area (Å²) in [5.41, 5.74) is 5.27. The van der Waals surface area contributed by atoms with Crippen LogP contribution in [0, 0.1) is 0 Å². The third kappa shape index (κ3) is 5.30. The van der Waals surface area contributed by atoms with Crippen LogP contribution in [0.4, 0.5) is 4.39 Å². The van der Waals surface area contributed by atoms with Crippen molar-refractivity contribution in [2.45, 2.75) is 38.0 Å². The van der Waals surface area contributed by atoms with Gasteiger partial charge in [0.05, 0.1) is 6.04 Å². The van der Waals surface area contributed by atoms with E-state index in [1.807, 2.05) is 13.8 Å². The number of halogens is 2. The quantitative estimate of drug-likeness (QED) is 0.648. The Labute approximate surface area is 95.6 Å². The van der Waals surface area contributed by atoms with Crippen molar-refractivity contribution >= 4 is 18.3 Å². The molecule has 0 bridgehead atoms. The Morgan fingerprint density at radius 3 is 2.67 bits per heavy atom. The molecule has 1 fully saturated rings. The molecule has 4 nitrogen and oxygen atoms in total. The van der Waals surface area contributed by atoms with E-state index in [0.717, 1.165) is 0 Å². The summed E-state index contributed by atoms with van der Waals surface area (Å²) in [6.45, 7) is 4.33. The standard InChI is InChI=1S/C9H18FN3O.ClH/c1-9(2,11)5-13-8(14)7-3-6(10)4-12-7;/h6-7,12H,3-5,11H2,1-2H3,(H,13,14);1H/t6-,7+;/m1./s1. The Hall–Kier alpha value is -0.390. The first-order chi connectivity index (χ1) is 6.38. The molecule has 0 aromatic rings. The summed E-state index contributed by atoms with van der Waals surface area (Å²) >= 11 is 0. The highest BCUT2D eigenvalue weighted by atomic mass is 35.5. The average molecular weight is 240 g/mol. The van der Waals surface area contributed by atoms with Crippen LogP contribution in [0.15, 0.2) is 0 Å². The number of nitrogens with one attached hydrogen (secondary N) is 2. The van der Waals surface area contributed by atoms with Crippen LogP contribution in [0.2, 0.25) is 0 Å². The largest absolute Gasteiger partial charge is 0.353 e. The summed E-state index contributed by atoms with van der Waals surface area (Å²) < 4.78 is 12.7. The first-order valence-electron chi connectivity index (χ1n) is 4.82. The van der Waals surface area contributed by atoms with Gasteiger partial charge in [0.2, 0.25) is 5.91 Å². The maximum absolute atomic E-state index is 12.7. The molecule has 1 aliphatic heterocycles. The van der Waals surface area contributed by atoms with Crippen molar-refractivity contribution in [1.82, 2.24) is 10.6 Å². The van der Waals surface area contributed by atoms with E-state index < -0.39 is 17.8 Å². The average Bonchev–Trinajstić information content (AvgIpc) is 2.46. The summed E-state index contributed by atoms with van der Waals surface area (Å²) in [6, 6.07) is -0.396. The molecule has 0 aromatic carbocycles. The number of carbonyl (C=O) groups excluding carboxylic acids is 1. The van der Waals surface area contributed by atoms with Gasteiger partial charge in [-0.15, -0.1) is 12.4 Å². The lowest BCUT2D eigenvalue weighted by Crippen LogP contribution is -2.49. The van der Waals surface area contributed by atoms with Gasteiger partial charge in [0.1, 0.15) is 6.17 Å². The number of nitrogens with two attached hydrogens (primary N) is 1. The van der Waals surface area contributed by atoms with Gasteiger partial charge in [-0.3, -0.25) is 4.79 Å². The number of carbonyl (C=O) groups is 1. The van der Waals surface area contributed by atoms with Crippen molar-refractivity contribution in [2.75, 3.05) is 13.1 Å². The second kappa shape index (κ2) is 5.63. The predicted octanol–water partition coefficient (Wildman–Crippen LogP) is -0.0383. The zero-order valence-electron chi connectivity index (χ0n) is 9.05. The maximum atomic E-state index is 12.7. The van der Waals surface area contributed by atoms with E-state index in [1.54, 1.807) is 0 Å². The monoisotopic (exact) mass is 239 g/mol.